The summed E-state index contributed by atoms with van der Waals surface area (Å²) in [7, 11) is 1.39. The molecule has 0 radical (unpaired) electrons. The number of carbonyl (C=O) groups excluding carboxylic acids is 1. The van der Waals surface area contributed by atoms with E-state index in [1.54, 1.807) is 0 Å². The van der Waals surface area contributed by atoms with Crippen molar-refractivity contribution < 1.29 is 9.53 Å². The third-order valence-electron chi connectivity index (χ3n) is 2.98. The molecule has 0 saturated heterocycles. The Morgan fingerprint density at radius 2 is 1.90 bits per heavy atom. The van der Waals surface area contributed by atoms with Gasteiger partial charge in [-0.25, -0.2) is 4.79 Å². The molecule has 1 N–H and O–H groups in total. The molecule has 104 valence electrons. The lowest BCUT2D eigenvalue weighted by Crippen LogP contribution is -2.22. The predicted octanol–water partition coefficient (Wildman–Crippen LogP) is 4.08. The minimum Gasteiger partial charge on any atom is -0.467 e. The molecular formula is C16H16BrNO2. The Morgan fingerprint density at radius 3 is 2.50 bits per heavy atom. The average Bonchev–Trinajstić information content (AvgIpc) is 2.45. The van der Waals surface area contributed by atoms with Gasteiger partial charge in [0, 0.05) is 10.2 Å². The Bertz CT molecular complexity index is 596. The highest BCUT2D eigenvalue weighted by Gasteiger charge is 2.21. The van der Waals surface area contributed by atoms with Gasteiger partial charge in [0.1, 0.15) is 0 Å². The van der Waals surface area contributed by atoms with Crippen LogP contribution in [0.15, 0.2) is 53.0 Å². The molecule has 0 heterocycles. The Balaban J connectivity index is 2.28. The van der Waals surface area contributed by atoms with Crippen molar-refractivity contribution >= 4 is 27.6 Å². The van der Waals surface area contributed by atoms with Gasteiger partial charge in [0.25, 0.3) is 0 Å². The van der Waals surface area contributed by atoms with E-state index in [-0.39, 0.29) is 5.97 Å². The molecule has 0 fully saturated rings. The second-order valence-corrected chi connectivity index (χ2v) is 5.44. The molecule has 0 amide bonds. The lowest BCUT2D eigenvalue weighted by Gasteiger charge is -2.18. The number of anilines is 1. The highest BCUT2D eigenvalue weighted by molar-refractivity contribution is 9.10. The Morgan fingerprint density at radius 1 is 1.20 bits per heavy atom. The summed E-state index contributed by atoms with van der Waals surface area (Å²) in [6.45, 7) is 2.01. The summed E-state index contributed by atoms with van der Waals surface area (Å²) < 4.78 is 5.84. The summed E-state index contributed by atoms with van der Waals surface area (Å²) in [5, 5.41) is 3.20. The molecule has 0 aromatic heterocycles. The second kappa shape index (κ2) is 6.57. The molecule has 0 aliphatic rings. The van der Waals surface area contributed by atoms with Crippen LogP contribution in [0.3, 0.4) is 0 Å². The molecule has 2 aromatic carbocycles. The molecular weight excluding hydrogens is 318 g/mol. The number of hydrogen-bond acceptors (Lipinski definition) is 3. The van der Waals surface area contributed by atoms with E-state index in [2.05, 4.69) is 21.2 Å². The van der Waals surface area contributed by atoms with Crippen molar-refractivity contribution in [3.8, 4) is 0 Å². The molecule has 0 aliphatic carbocycles. The first-order valence-corrected chi connectivity index (χ1v) is 7.06. The SMILES string of the molecule is COC(=O)C(Nc1cccc(Br)c1)c1ccc(C)cc1. The lowest BCUT2D eigenvalue weighted by atomic mass is 10.0. The van der Waals surface area contributed by atoms with Crippen molar-refractivity contribution in [3.05, 3.63) is 64.1 Å². The first-order chi connectivity index (χ1) is 9.60. The number of rotatable bonds is 4. The van der Waals surface area contributed by atoms with Gasteiger partial charge < -0.3 is 10.1 Å². The van der Waals surface area contributed by atoms with E-state index in [1.165, 1.54) is 7.11 Å². The zero-order valence-corrected chi connectivity index (χ0v) is 13.0. The van der Waals surface area contributed by atoms with Crippen LogP contribution in [0.2, 0.25) is 0 Å². The van der Waals surface area contributed by atoms with Gasteiger partial charge in [-0.15, -0.1) is 0 Å². The van der Waals surface area contributed by atoms with E-state index in [0.717, 1.165) is 21.3 Å². The van der Waals surface area contributed by atoms with E-state index < -0.39 is 6.04 Å². The van der Waals surface area contributed by atoms with Crippen molar-refractivity contribution in [2.75, 3.05) is 12.4 Å². The second-order valence-electron chi connectivity index (χ2n) is 4.52. The van der Waals surface area contributed by atoms with E-state index in [9.17, 15) is 4.79 Å². The number of hydrogen-bond donors (Lipinski definition) is 1. The number of halogens is 1. The Labute approximate surface area is 127 Å². The molecule has 3 nitrogen and oxygen atoms in total. The molecule has 0 saturated carbocycles. The van der Waals surface area contributed by atoms with Crippen LogP contribution in [0.25, 0.3) is 0 Å². The first kappa shape index (κ1) is 14.6. The zero-order chi connectivity index (χ0) is 14.5. The number of carbonyl (C=O) groups is 1. The standard InChI is InChI=1S/C16H16BrNO2/c1-11-6-8-12(9-7-11)15(16(19)20-2)18-14-5-3-4-13(17)10-14/h3-10,15,18H,1-2H3. The molecule has 0 bridgehead atoms. The number of esters is 1. The fraction of sp³-hybridized carbons (Fsp3) is 0.188. The number of aryl methyl sites for hydroxylation is 1. The number of nitrogens with one attached hydrogen (secondary N) is 1. The van der Waals surface area contributed by atoms with Crippen LogP contribution in [0.5, 0.6) is 0 Å². The average molecular weight is 334 g/mol. The minimum absolute atomic E-state index is 0.311. The van der Waals surface area contributed by atoms with Crippen molar-refractivity contribution in [1.29, 1.82) is 0 Å². The van der Waals surface area contributed by atoms with Crippen LogP contribution in [-0.4, -0.2) is 13.1 Å². The number of methoxy groups -OCH3 is 1. The monoisotopic (exact) mass is 333 g/mol. The van der Waals surface area contributed by atoms with Gasteiger partial charge in [0.15, 0.2) is 6.04 Å². The molecule has 2 rings (SSSR count). The van der Waals surface area contributed by atoms with E-state index in [4.69, 9.17) is 4.74 Å². The quantitative estimate of drug-likeness (QED) is 0.856. The smallest absolute Gasteiger partial charge is 0.332 e. The topological polar surface area (TPSA) is 38.3 Å². The van der Waals surface area contributed by atoms with Crippen molar-refractivity contribution in [1.82, 2.24) is 0 Å². The number of ether oxygens (including phenoxy) is 1. The summed E-state index contributed by atoms with van der Waals surface area (Å²) >= 11 is 3.42. The summed E-state index contributed by atoms with van der Waals surface area (Å²) in [5.74, 6) is -0.311. The molecule has 1 unspecified atom stereocenters. The van der Waals surface area contributed by atoms with Crippen LogP contribution in [0, 0.1) is 6.92 Å². The van der Waals surface area contributed by atoms with Crippen molar-refractivity contribution in [3.63, 3.8) is 0 Å². The Hall–Kier alpha value is -1.81. The Kier molecular flexibility index (Phi) is 4.79. The predicted molar refractivity (Wildman–Crippen MR) is 83.7 cm³/mol. The third kappa shape index (κ3) is 3.61. The summed E-state index contributed by atoms with van der Waals surface area (Å²) in [4.78, 5) is 12.0. The van der Waals surface area contributed by atoms with Crippen LogP contribution in [0.1, 0.15) is 17.2 Å². The lowest BCUT2D eigenvalue weighted by molar-refractivity contribution is -0.141. The fourth-order valence-corrected chi connectivity index (χ4v) is 2.30. The van der Waals surface area contributed by atoms with Crippen molar-refractivity contribution in [2.24, 2.45) is 0 Å². The van der Waals surface area contributed by atoms with Crippen LogP contribution >= 0.6 is 15.9 Å². The maximum Gasteiger partial charge on any atom is 0.332 e. The third-order valence-corrected chi connectivity index (χ3v) is 3.48. The maximum absolute atomic E-state index is 12.0. The summed E-state index contributed by atoms with van der Waals surface area (Å²) in [5.41, 5.74) is 2.89. The van der Waals surface area contributed by atoms with Crippen LogP contribution in [0.4, 0.5) is 5.69 Å². The van der Waals surface area contributed by atoms with E-state index in [0.29, 0.717) is 0 Å². The summed E-state index contributed by atoms with van der Waals surface area (Å²) in [6, 6.07) is 15.0. The highest BCUT2D eigenvalue weighted by Crippen LogP contribution is 2.23. The molecule has 4 heteroatoms. The van der Waals surface area contributed by atoms with Crippen LogP contribution < -0.4 is 5.32 Å². The number of benzene rings is 2. The van der Waals surface area contributed by atoms with Gasteiger partial charge in [-0.1, -0.05) is 51.8 Å². The van der Waals surface area contributed by atoms with Gasteiger partial charge in [-0.3, -0.25) is 0 Å². The molecule has 20 heavy (non-hydrogen) atoms. The highest BCUT2D eigenvalue weighted by atomic mass is 79.9. The summed E-state index contributed by atoms with van der Waals surface area (Å²) in [6.07, 6.45) is 0. The van der Waals surface area contributed by atoms with Gasteiger partial charge in [-0.2, -0.15) is 0 Å². The van der Waals surface area contributed by atoms with Crippen LogP contribution in [-0.2, 0) is 9.53 Å². The van der Waals surface area contributed by atoms with E-state index >= 15 is 0 Å². The largest absolute Gasteiger partial charge is 0.467 e. The first-order valence-electron chi connectivity index (χ1n) is 6.26. The molecule has 2 aromatic rings. The zero-order valence-electron chi connectivity index (χ0n) is 11.4. The van der Waals surface area contributed by atoms with Gasteiger partial charge >= 0.3 is 5.97 Å². The van der Waals surface area contributed by atoms with Gasteiger partial charge in [0.2, 0.25) is 0 Å². The molecule has 1 atom stereocenters. The molecule has 0 spiro atoms. The van der Waals surface area contributed by atoms with E-state index in [1.807, 2.05) is 55.5 Å². The fourth-order valence-electron chi connectivity index (χ4n) is 1.90. The molecule has 0 aliphatic heterocycles. The van der Waals surface area contributed by atoms with Gasteiger partial charge in [0.05, 0.1) is 7.11 Å². The normalized spacial score (nSPS) is 11.8. The van der Waals surface area contributed by atoms with Gasteiger partial charge in [-0.05, 0) is 30.7 Å². The van der Waals surface area contributed by atoms with Crippen molar-refractivity contribution in [2.45, 2.75) is 13.0 Å². The minimum atomic E-state index is -0.519. The maximum atomic E-state index is 12.0.